The third kappa shape index (κ3) is 7.93. The molecule has 7 nitrogen and oxygen atoms in total. The average Bonchev–Trinajstić information content (AvgIpc) is 2.87. The summed E-state index contributed by atoms with van der Waals surface area (Å²) in [7, 11) is -2.16. The predicted molar refractivity (Wildman–Crippen MR) is 154 cm³/mol. The van der Waals surface area contributed by atoms with E-state index in [9.17, 15) is 13.8 Å². The second kappa shape index (κ2) is 12.4. The Bertz CT molecular complexity index is 1440. The smallest absolute Gasteiger partial charge is 0.332 e. The third-order valence-corrected chi connectivity index (χ3v) is 8.11. The van der Waals surface area contributed by atoms with E-state index in [0.29, 0.717) is 24.2 Å². The molecule has 2 aromatic carbocycles. The van der Waals surface area contributed by atoms with Gasteiger partial charge in [0.25, 0.3) is 0 Å². The molecular formula is C30H40F2NO6P. The lowest BCUT2D eigenvalue weighted by molar-refractivity contribution is 0.0809. The molecule has 3 rings (SSSR count). The summed E-state index contributed by atoms with van der Waals surface area (Å²) in [5.41, 5.74) is -1.04. The molecule has 1 aromatic heterocycles. The summed E-state index contributed by atoms with van der Waals surface area (Å²) in [5, 5.41) is -0.482. The number of nitrogens with zero attached hydrogens (tertiary/aromatic N) is 1. The second-order valence-electron chi connectivity index (χ2n) is 11.9. The lowest BCUT2D eigenvalue weighted by atomic mass is 9.94. The Morgan fingerprint density at radius 3 is 2.23 bits per heavy atom. The maximum absolute atomic E-state index is 15.3. The average molecular weight is 580 g/mol. The maximum atomic E-state index is 15.3. The van der Waals surface area contributed by atoms with E-state index < -0.39 is 35.6 Å². The molecule has 0 N–H and O–H groups in total. The topological polar surface area (TPSA) is 76.0 Å². The molecule has 0 fully saturated rings. The van der Waals surface area contributed by atoms with Gasteiger partial charge in [-0.1, -0.05) is 39.8 Å². The van der Waals surface area contributed by atoms with E-state index in [-0.39, 0.29) is 41.7 Å². The lowest BCUT2D eigenvalue weighted by Gasteiger charge is -2.29. The molecule has 1 unspecified atom stereocenters. The molecule has 1 atom stereocenters. The van der Waals surface area contributed by atoms with Crippen molar-refractivity contribution in [3.63, 3.8) is 0 Å². The van der Waals surface area contributed by atoms with Crippen LogP contribution in [0, 0.1) is 17.0 Å². The number of pyridine rings is 1. The third-order valence-electron chi connectivity index (χ3n) is 6.01. The Hall–Kier alpha value is -2.74. The van der Waals surface area contributed by atoms with Gasteiger partial charge in [-0.3, -0.25) is 13.9 Å². The molecule has 10 heteroatoms. The summed E-state index contributed by atoms with van der Waals surface area (Å²) < 4.78 is 68.3. The highest BCUT2D eigenvalue weighted by Crippen LogP contribution is 2.53. The second-order valence-corrected chi connectivity index (χ2v) is 14.0. The Morgan fingerprint density at radius 2 is 1.68 bits per heavy atom. The van der Waals surface area contributed by atoms with Crippen LogP contribution < -0.4 is 14.9 Å². The molecule has 0 bridgehead atoms. The molecule has 0 aliphatic heterocycles. The maximum Gasteiger partial charge on any atom is 0.332 e. The van der Waals surface area contributed by atoms with Crippen LogP contribution in [0.1, 0.15) is 61.3 Å². The van der Waals surface area contributed by atoms with Gasteiger partial charge in [0.2, 0.25) is 0 Å². The zero-order valence-electron chi connectivity index (χ0n) is 24.6. The molecule has 0 aliphatic rings. The summed E-state index contributed by atoms with van der Waals surface area (Å²) in [6.07, 6.45) is 2.80. The first-order valence-corrected chi connectivity index (χ1v) is 15.1. The van der Waals surface area contributed by atoms with Crippen molar-refractivity contribution in [3.8, 4) is 22.6 Å². The highest BCUT2D eigenvalue weighted by molar-refractivity contribution is 7.53. The monoisotopic (exact) mass is 579 g/mol. The van der Waals surface area contributed by atoms with Crippen molar-refractivity contribution < 1.29 is 31.9 Å². The van der Waals surface area contributed by atoms with Gasteiger partial charge in [0.15, 0.2) is 17.1 Å². The van der Waals surface area contributed by atoms with Crippen LogP contribution in [0.2, 0.25) is 0 Å². The Morgan fingerprint density at radius 1 is 1.02 bits per heavy atom. The minimum atomic E-state index is -3.67. The molecule has 0 amide bonds. The molecule has 40 heavy (non-hydrogen) atoms. The van der Waals surface area contributed by atoms with E-state index in [1.54, 1.807) is 45.0 Å². The fourth-order valence-corrected chi connectivity index (χ4v) is 6.43. The predicted octanol–water partition coefficient (Wildman–Crippen LogP) is 8.16. The fourth-order valence-electron chi connectivity index (χ4n) is 4.08. The van der Waals surface area contributed by atoms with Crippen molar-refractivity contribution >= 4 is 18.5 Å². The fraction of sp³-hybridized carbons (Fsp3) is 0.500. The summed E-state index contributed by atoms with van der Waals surface area (Å²) in [6, 6.07) is 7.54. The van der Waals surface area contributed by atoms with Gasteiger partial charge in [-0.15, -0.1) is 0 Å². The summed E-state index contributed by atoms with van der Waals surface area (Å²) in [4.78, 5) is 13.6. The number of benzene rings is 2. The van der Waals surface area contributed by atoms with Gasteiger partial charge < -0.3 is 18.6 Å². The first-order chi connectivity index (χ1) is 18.6. The van der Waals surface area contributed by atoms with Crippen LogP contribution in [-0.2, 0) is 20.3 Å². The molecule has 0 aliphatic carbocycles. The Labute approximate surface area is 234 Å². The van der Waals surface area contributed by atoms with Gasteiger partial charge in [-0.05, 0) is 56.7 Å². The summed E-state index contributed by atoms with van der Waals surface area (Å²) in [5.74, 6) is -1.95. The summed E-state index contributed by atoms with van der Waals surface area (Å²) >= 11 is 0. The summed E-state index contributed by atoms with van der Waals surface area (Å²) in [6.45, 7) is 13.2. The van der Waals surface area contributed by atoms with Crippen molar-refractivity contribution in [1.29, 1.82) is 0 Å². The highest BCUT2D eigenvalue weighted by atomic mass is 31.2. The van der Waals surface area contributed by atoms with Crippen LogP contribution in [0.25, 0.3) is 22.0 Å². The van der Waals surface area contributed by atoms with Crippen molar-refractivity contribution in [2.24, 2.45) is 5.41 Å². The number of halogens is 2. The van der Waals surface area contributed by atoms with Gasteiger partial charge in [0, 0.05) is 17.8 Å². The number of fused-ring (bicyclic) bond motifs is 1. The van der Waals surface area contributed by atoms with Gasteiger partial charge in [-0.2, -0.15) is 0 Å². The SMILES string of the molecule is CCCOc1cc(F)c(F)c2c(=O)c(-c3ccc(OC)cc3)cn(COP(=O)(CCC(C)(C)C)OC(C)(C)C)c12. The zero-order valence-corrected chi connectivity index (χ0v) is 25.5. The van der Waals surface area contributed by atoms with Crippen LogP contribution in [0.3, 0.4) is 0 Å². The van der Waals surface area contributed by atoms with Crippen LogP contribution >= 0.6 is 7.60 Å². The quantitative estimate of drug-likeness (QED) is 0.213. The van der Waals surface area contributed by atoms with Gasteiger partial charge in [-0.25, -0.2) is 8.78 Å². The molecule has 0 saturated carbocycles. The molecule has 0 radical (unpaired) electrons. The number of hydrogen-bond acceptors (Lipinski definition) is 6. The standard InChI is InChI=1S/C30H40F2NO6P/c1-9-15-37-24-17-23(31)26(32)25-27(24)33(18-22(28(25)34)20-10-12-21(36-8)13-11-20)19-38-40(35,39-30(5,6)7)16-14-29(2,3)4/h10-13,17-18H,9,14-16,19H2,1-8H3. The Balaban J connectivity index is 2.23. The van der Waals surface area contributed by atoms with Crippen LogP contribution in [-0.4, -0.2) is 30.0 Å². The van der Waals surface area contributed by atoms with E-state index in [4.69, 9.17) is 18.5 Å². The van der Waals surface area contributed by atoms with Crippen molar-refractivity contribution in [3.05, 3.63) is 58.4 Å². The minimum Gasteiger partial charge on any atom is -0.497 e. The molecular weight excluding hydrogens is 539 g/mol. The highest BCUT2D eigenvalue weighted by Gasteiger charge is 2.33. The van der Waals surface area contributed by atoms with E-state index in [1.807, 2.05) is 27.7 Å². The zero-order chi connectivity index (χ0) is 29.9. The minimum absolute atomic E-state index is 0.00717. The van der Waals surface area contributed by atoms with E-state index in [1.165, 1.54) is 17.9 Å². The molecule has 0 saturated heterocycles. The van der Waals surface area contributed by atoms with E-state index >= 15 is 4.39 Å². The van der Waals surface area contributed by atoms with Crippen LogP contribution in [0.15, 0.2) is 41.3 Å². The van der Waals surface area contributed by atoms with E-state index in [2.05, 4.69) is 0 Å². The lowest BCUT2D eigenvalue weighted by Crippen LogP contribution is -2.22. The number of rotatable bonds is 11. The van der Waals surface area contributed by atoms with Gasteiger partial charge in [0.1, 0.15) is 18.2 Å². The normalized spacial score (nSPS) is 13.8. The first-order valence-electron chi connectivity index (χ1n) is 13.3. The van der Waals surface area contributed by atoms with Crippen LogP contribution in [0.4, 0.5) is 8.78 Å². The van der Waals surface area contributed by atoms with Gasteiger partial charge in [0.05, 0.1) is 36.4 Å². The van der Waals surface area contributed by atoms with Crippen molar-refractivity contribution in [2.45, 2.75) is 73.6 Å². The van der Waals surface area contributed by atoms with Crippen molar-refractivity contribution in [1.82, 2.24) is 4.57 Å². The Kier molecular flexibility index (Phi) is 9.86. The van der Waals surface area contributed by atoms with E-state index in [0.717, 1.165) is 6.07 Å². The largest absolute Gasteiger partial charge is 0.497 e. The molecule has 220 valence electrons. The number of ether oxygens (including phenoxy) is 2. The van der Waals surface area contributed by atoms with Crippen molar-refractivity contribution in [2.75, 3.05) is 19.9 Å². The molecule has 1 heterocycles. The number of aromatic nitrogens is 1. The molecule has 3 aromatic rings. The van der Waals surface area contributed by atoms with Crippen LogP contribution in [0.5, 0.6) is 11.5 Å². The molecule has 0 spiro atoms. The number of methoxy groups -OCH3 is 1. The first kappa shape index (κ1) is 31.8. The van der Waals surface area contributed by atoms with Gasteiger partial charge >= 0.3 is 7.60 Å². The number of hydrogen-bond donors (Lipinski definition) is 0.